The van der Waals surface area contributed by atoms with Crippen molar-refractivity contribution in [1.82, 2.24) is 14.9 Å². The topological polar surface area (TPSA) is 73.0 Å². The van der Waals surface area contributed by atoms with E-state index in [0.717, 1.165) is 47.9 Å². The number of non-ortho nitro benzene ring substituents is 1. The summed E-state index contributed by atoms with van der Waals surface area (Å²) in [7, 11) is 0. The van der Waals surface area contributed by atoms with Crippen LogP contribution in [0.4, 0.5) is 5.69 Å². The predicted molar refractivity (Wildman–Crippen MR) is 85.0 cm³/mol. The monoisotopic (exact) mass is 296 g/mol. The molecule has 1 saturated heterocycles. The molecule has 1 unspecified atom stereocenters. The number of nitrogens with zero attached hydrogens (tertiary/aromatic N) is 3. The molecule has 0 bridgehead atoms. The van der Waals surface area contributed by atoms with Crippen molar-refractivity contribution in [2.24, 2.45) is 0 Å². The van der Waals surface area contributed by atoms with Gasteiger partial charge < -0.3 is 9.88 Å². The lowest BCUT2D eigenvalue weighted by Crippen LogP contribution is -2.31. The molecule has 0 radical (unpaired) electrons. The molecular formula is C16H16N4O2. The highest BCUT2D eigenvalue weighted by atomic mass is 16.6. The Morgan fingerprint density at radius 1 is 1.32 bits per heavy atom. The van der Waals surface area contributed by atoms with Crippen LogP contribution in [0.3, 0.4) is 0 Å². The van der Waals surface area contributed by atoms with Crippen molar-refractivity contribution < 1.29 is 4.92 Å². The Morgan fingerprint density at radius 3 is 3.00 bits per heavy atom. The second-order valence-corrected chi connectivity index (χ2v) is 5.70. The number of pyridine rings is 1. The summed E-state index contributed by atoms with van der Waals surface area (Å²) in [5.41, 5.74) is 1.93. The van der Waals surface area contributed by atoms with Gasteiger partial charge in [0.2, 0.25) is 0 Å². The summed E-state index contributed by atoms with van der Waals surface area (Å²) in [4.78, 5) is 15.3. The van der Waals surface area contributed by atoms with Gasteiger partial charge in [0.15, 0.2) is 0 Å². The Kier molecular flexibility index (Phi) is 3.04. The number of nitro benzene ring substituents is 1. The van der Waals surface area contributed by atoms with Crippen LogP contribution in [-0.2, 0) is 0 Å². The van der Waals surface area contributed by atoms with E-state index in [1.165, 1.54) is 0 Å². The molecule has 1 atom stereocenters. The largest absolute Gasteiger partial charge is 0.321 e. The Bertz CT molecular complexity index is 865. The van der Waals surface area contributed by atoms with Crippen LogP contribution >= 0.6 is 0 Å². The van der Waals surface area contributed by atoms with Gasteiger partial charge in [-0.15, -0.1) is 0 Å². The molecule has 3 aromatic rings. The standard InChI is InChI=1S/C16H16N4O2/c21-20(22)11-5-6-13-14-4-2-8-18-16(14)19(15(13)9-11)12-3-1-7-17-10-12/h2,4-6,8-9,12,17H,1,3,7,10H2. The van der Waals surface area contributed by atoms with Crippen LogP contribution in [0, 0.1) is 10.1 Å². The molecule has 6 heteroatoms. The zero-order valence-corrected chi connectivity index (χ0v) is 12.0. The third kappa shape index (κ3) is 1.95. The van der Waals surface area contributed by atoms with E-state index in [1.54, 1.807) is 18.3 Å². The molecule has 0 aliphatic carbocycles. The van der Waals surface area contributed by atoms with Crippen LogP contribution in [0.15, 0.2) is 36.5 Å². The van der Waals surface area contributed by atoms with Crippen molar-refractivity contribution in [1.29, 1.82) is 0 Å². The lowest BCUT2D eigenvalue weighted by atomic mass is 10.1. The summed E-state index contributed by atoms with van der Waals surface area (Å²) in [6.07, 6.45) is 3.95. The third-order valence-corrected chi connectivity index (χ3v) is 4.39. The van der Waals surface area contributed by atoms with E-state index in [-0.39, 0.29) is 16.7 Å². The van der Waals surface area contributed by atoms with E-state index in [2.05, 4.69) is 14.9 Å². The summed E-state index contributed by atoms with van der Waals surface area (Å²) in [5, 5.41) is 16.6. The minimum Gasteiger partial charge on any atom is -0.321 e. The SMILES string of the molecule is O=[N+]([O-])c1ccc2c3cccnc3n(C3CCCNC3)c2c1. The second kappa shape index (κ2) is 5.06. The van der Waals surface area contributed by atoms with Crippen molar-refractivity contribution in [2.75, 3.05) is 13.1 Å². The maximum Gasteiger partial charge on any atom is 0.271 e. The highest BCUT2D eigenvalue weighted by Gasteiger charge is 2.22. The fourth-order valence-electron chi connectivity index (χ4n) is 3.40. The van der Waals surface area contributed by atoms with Crippen LogP contribution in [0.25, 0.3) is 21.9 Å². The summed E-state index contributed by atoms with van der Waals surface area (Å²) in [6.45, 7) is 1.90. The first-order valence-electron chi connectivity index (χ1n) is 7.49. The molecule has 2 aromatic heterocycles. The number of nitro groups is 1. The maximum absolute atomic E-state index is 11.1. The summed E-state index contributed by atoms with van der Waals surface area (Å²) in [6, 6.07) is 9.30. The number of hydrogen-bond donors (Lipinski definition) is 1. The quantitative estimate of drug-likeness (QED) is 0.583. The van der Waals surface area contributed by atoms with E-state index in [1.807, 2.05) is 18.2 Å². The van der Waals surface area contributed by atoms with Gasteiger partial charge in [0, 0.05) is 41.7 Å². The third-order valence-electron chi connectivity index (χ3n) is 4.39. The Hall–Kier alpha value is -2.47. The van der Waals surface area contributed by atoms with Gasteiger partial charge in [-0.05, 0) is 37.6 Å². The normalized spacial score (nSPS) is 18.8. The van der Waals surface area contributed by atoms with Gasteiger partial charge in [-0.1, -0.05) is 0 Å². The van der Waals surface area contributed by atoms with Crippen molar-refractivity contribution >= 4 is 27.6 Å². The average molecular weight is 296 g/mol. The lowest BCUT2D eigenvalue weighted by molar-refractivity contribution is -0.384. The van der Waals surface area contributed by atoms with Crippen LogP contribution in [0.1, 0.15) is 18.9 Å². The molecule has 112 valence electrons. The Balaban J connectivity index is 2.04. The number of nitrogens with one attached hydrogen (secondary N) is 1. The number of benzene rings is 1. The minimum absolute atomic E-state index is 0.125. The number of rotatable bonds is 2. The molecule has 6 nitrogen and oxygen atoms in total. The molecule has 1 aliphatic rings. The number of hydrogen-bond acceptors (Lipinski definition) is 4. The highest BCUT2D eigenvalue weighted by Crippen LogP contribution is 2.34. The van der Waals surface area contributed by atoms with Crippen LogP contribution < -0.4 is 5.32 Å². The summed E-state index contributed by atoms with van der Waals surface area (Å²) < 4.78 is 2.17. The van der Waals surface area contributed by atoms with Gasteiger partial charge >= 0.3 is 0 Å². The van der Waals surface area contributed by atoms with Crippen molar-refractivity contribution in [2.45, 2.75) is 18.9 Å². The molecular weight excluding hydrogens is 280 g/mol. The molecule has 0 spiro atoms. The molecule has 4 rings (SSSR count). The Labute approximate surface area is 126 Å². The van der Waals surface area contributed by atoms with Crippen LogP contribution in [0.2, 0.25) is 0 Å². The Morgan fingerprint density at radius 2 is 2.23 bits per heavy atom. The van der Waals surface area contributed by atoms with E-state index in [0.29, 0.717) is 0 Å². The fraction of sp³-hybridized carbons (Fsp3) is 0.312. The van der Waals surface area contributed by atoms with E-state index in [4.69, 9.17) is 0 Å². The molecule has 1 fully saturated rings. The van der Waals surface area contributed by atoms with Gasteiger partial charge in [-0.3, -0.25) is 10.1 Å². The maximum atomic E-state index is 11.1. The summed E-state index contributed by atoms with van der Waals surface area (Å²) in [5.74, 6) is 0. The van der Waals surface area contributed by atoms with Gasteiger partial charge in [0.1, 0.15) is 5.65 Å². The van der Waals surface area contributed by atoms with Crippen LogP contribution in [-0.4, -0.2) is 27.6 Å². The van der Waals surface area contributed by atoms with Gasteiger partial charge in [-0.25, -0.2) is 4.98 Å². The lowest BCUT2D eigenvalue weighted by Gasteiger charge is -2.25. The van der Waals surface area contributed by atoms with E-state index in [9.17, 15) is 10.1 Å². The van der Waals surface area contributed by atoms with Gasteiger partial charge in [0.05, 0.1) is 10.4 Å². The minimum atomic E-state index is -0.339. The molecule has 1 aliphatic heterocycles. The zero-order chi connectivity index (χ0) is 15.1. The molecule has 1 N–H and O–H groups in total. The first kappa shape index (κ1) is 13.2. The van der Waals surface area contributed by atoms with Gasteiger partial charge in [0.25, 0.3) is 5.69 Å². The van der Waals surface area contributed by atoms with Crippen molar-refractivity contribution in [3.05, 3.63) is 46.6 Å². The molecule has 0 amide bonds. The molecule has 3 heterocycles. The van der Waals surface area contributed by atoms with E-state index >= 15 is 0 Å². The first-order valence-corrected chi connectivity index (χ1v) is 7.49. The molecule has 1 aromatic carbocycles. The molecule has 22 heavy (non-hydrogen) atoms. The number of piperidine rings is 1. The van der Waals surface area contributed by atoms with Crippen molar-refractivity contribution in [3.63, 3.8) is 0 Å². The highest BCUT2D eigenvalue weighted by molar-refractivity contribution is 6.07. The zero-order valence-electron chi connectivity index (χ0n) is 12.0. The predicted octanol–water partition coefficient (Wildman–Crippen LogP) is 3.02. The number of aromatic nitrogens is 2. The average Bonchev–Trinajstić information content (AvgIpc) is 2.89. The van der Waals surface area contributed by atoms with E-state index < -0.39 is 0 Å². The smallest absolute Gasteiger partial charge is 0.271 e. The fourth-order valence-corrected chi connectivity index (χ4v) is 3.40. The number of fused-ring (bicyclic) bond motifs is 3. The summed E-state index contributed by atoms with van der Waals surface area (Å²) >= 11 is 0. The first-order chi connectivity index (χ1) is 10.8. The van der Waals surface area contributed by atoms with Crippen molar-refractivity contribution in [3.8, 4) is 0 Å². The van der Waals surface area contributed by atoms with Gasteiger partial charge in [-0.2, -0.15) is 0 Å². The van der Waals surface area contributed by atoms with Crippen LogP contribution in [0.5, 0.6) is 0 Å². The molecule has 0 saturated carbocycles. The second-order valence-electron chi connectivity index (χ2n) is 5.70.